The SMILES string of the molecule is Oc1cc2c(cc1CNN1CCCCC1)OCO2. The van der Waals surface area contributed by atoms with E-state index in [2.05, 4.69) is 10.4 Å². The van der Waals surface area contributed by atoms with Gasteiger partial charge in [-0.3, -0.25) is 5.43 Å². The van der Waals surface area contributed by atoms with Crippen LogP contribution in [0.4, 0.5) is 0 Å². The number of phenolic OH excluding ortho intramolecular Hbond substituents is 1. The van der Waals surface area contributed by atoms with Crippen LogP contribution >= 0.6 is 0 Å². The first-order valence-corrected chi connectivity index (χ1v) is 6.43. The number of hydrazine groups is 1. The molecule has 3 rings (SSSR count). The number of aromatic hydroxyl groups is 1. The van der Waals surface area contributed by atoms with Crippen molar-refractivity contribution in [3.63, 3.8) is 0 Å². The van der Waals surface area contributed by atoms with Gasteiger partial charge >= 0.3 is 0 Å². The molecular weight excluding hydrogens is 232 g/mol. The monoisotopic (exact) mass is 250 g/mol. The van der Waals surface area contributed by atoms with Crippen molar-refractivity contribution >= 4 is 0 Å². The molecular formula is C13H18N2O3. The number of fused-ring (bicyclic) bond motifs is 1. The van der Waals surface area contributed by atoms with Gasteiger partial charge < -0.3 is 14.6 Å². The summed E-state index contributed by atoms with van der Waals surface area (Å²) in [4.78, 5) is 0. The zero-order chi connectivity index (χ0) is 12.4. The minimum Gasteiger partial charge on any atom is -0.507 e. The molecule has 0 aliphatic carbocycles. The van der Waals surface area contributed by atoms with Gasteiger partial charge in [-0.05, 0) is 18.9 Å². The van der Waals surface area contributed by atoms with E-state index in [-0.39, 0.29) is 12.5 Å². The van der Waals surface area contributed by atoms with E-state index in [0.717, 1.165) is 18.7 Å². The Bertz CT molecular complexity index is 430. The fourth-order valence-corrected chi connectivity index (χ4v) is 2.36. The number of benzene rings is 1. The van der Waals surface area contributed by atoms with Gasteiger partial charge in [-0.2, -0.15) is 0 Å². The summed E-state index contributed by atoms with van der Waals surface area (Å²) in [5, 5.41) is 12.1. The number of hydrogen-bond acceptors (Lipinski definition) is 5. The van der Waals surface area contributed by atoms with E-state index in [1.54, 1.807) is 6.07 Å². The normalized spacial score (nSPS) is 19.1. The van der Waals surface area contributed by atoms with Gasteiger partial charge in [-0.25, -0.2) is 5.01 Å². The van der Waals surface area contributed by atoms with E-state index in [1.807, 2.05) is 6.07 Å². The average Bonchev–Trinajstić information content (AvgIpc) is 2.84. The Balaban J connectivity index is 1.65. The predicted molar refractivity (Wildman–Crippen MR) is 66.5 cm³/mol. The van der Waals surface area contributed by atoms with Gasteiger partial charge in [0, 0.05) is 31.3 Å². The van der Waals surface area contributed by atoms with Crippen molar-refractivity contribution in [3.05, 3.63) is 17.7 Å². The summed E-state index contributed by atoms with van der Waals surface area (Å²) in [5.74, 6) is 1.58. The molecule has 5 nitrogen and oxygen atoms in total. The Kier molecular flexibility index (Phi) is 3.25. The highest BCUT2D eigenvalue weighted by Crippen LogP contribution is 2.37. The van der Waals surface area contributed by atoms with Crippen molar-refractivity contribution in [2.75, 3.05) is 19.9 Å². The van der Waals surface area contributed by atoms with Crippen molar-refractivity contribution in [2.45, 2.75) is 25.8 Å². The van der Waals surface area contributed by atoms with Crippen LogP contribution < -0.4 is 14.9 Å². The third-order valence-corrected chi connectivity index (χ3v) is 3.42. The van der Waals surface area contributed by atoms with Crippen molar-refractivity contribution in [1.29, 1.82) is 0 Å². The van der Waals surface area contributed by atoms with Gasteiger partial charge in [-0.15, -0.1) is 0 Å². The number of piperidine rings is 1. The molecule has 0 radical (unpaired) electrons. The topological polar surface area (TPSA) is 54.0 Å². The van der Waals surface area contributed by atoms with E-state index >= 15 is 0 Å². The molecule has 0 unspecified atom stereocenters. The van der Waals surface area contributed by atoms with Gasteiger partial charge in [0.2, 0.25) is 6.79 Å². The molecule has 0 spiro atoms. The maximum atomic E-state index is 9.91. The summed E-state index contributed by atoms with van der Waals surface area (Å²) in [7, 11) is 0. The quantitative estimate of drug-likeness (QED) is 0.853. The average molecular weight is 250 g/mol. The minimum absolute atomic E-state index is 0.234. The lowest BCUT2D eigenvalue weighted by atomic mass is 10.1. The summed E-state index contributed by atoms with van der Waals surface area (Å²) >= 11 is 0. The Morgan fingerprint density at radius 1 is 1.11 bits per heavy atom. The molecule has 5 heteroatoms. The first-order valence-electron chi connectivity index (χ1n) is 6.43. The first kappa shape index (κ1) is 11.6. The second kappa shape index (κ2) is 5.04. The van der Waals surface area contributed by atoms with Crippen LogP contribution in [0.1, 0.15) is 24.8 Å². The molecule has 18 heavy (non-hydrogen) atoms. The fraction of sp³-hybridized carbons (Fsp3) is 0.538. The molecule has 0 saturated carbocycles. The molecule has 2 aliphatic rings. The Morgan fingerprint density at radius 3 is 2.61 bits per heavy atom. The molecule has 0 atom stereocenters. The van der Waals surface area contributed by atoms with Crippen LogP contribution in [0.3, 0.4) is 0 Å². The standard InChI is InChI=1S/C13H18N2O3/c16-11-7-13-12(17-9-18-13)6-10(11)8-14-15-4-2-1-3-5-15/h6-7,14,16H,1-5,8-9H2. The van der Waals surface area contributed by atoms with E-state index in [0.29, 0.717) is 18.0 Å². The Hall–Kier alpha value is -1.46. The molecule has 1 aromatic carbocycles. The van der Waals surface area contributed by atoms with Crippen LogP contribution in [0, 0.1) is 0 Å². The van der Waals surface area contributed by atoms with Gasteiger partial charge in [0.25, 0.3) is 0 Å². The van der Waals surface area contributed by atoms with E-state index in [4.69, 9.17) is 9.47 Å². The van der Waals surface area contributed by atoms with Gasteiger partial charge in [0.15, 0.2) is 11.5 Å². The maximum Gasteiger partial charge on any atom is 0.231 e. The summed E-state index contributed by atoms with van der Waals surface area (Å²) in [6.07, 6.45) is 3.79. The number of phenols is 1. The molecule has 2 N–H and O–H groups in total. The number of nitrogens with one attached hydrogen (secondary N) is 1. The smallest absolute Gasteiger partial charge is 0.231 e. The van der Waals surface area contributed by atoms with Crippen LogP contribution in [-0.2, 0) is 6.54 Å². The molecule has 0 bridgehead atoms. The molecule has 1 aromatic rings. The summed E-state index contributed by atoms with van der Waals surface area (Å²) in [5.41, 5.74) is 4.18. The zero-order valence-corrected chi connectivity index (χ0v) is 10.3. The molecule has 1 fully saturated rings. The Morgan fingerprint density at radius 2 is 1.83 bits per heavy atom. The predicted octanol–water partition coefficient (Wildman–Crippen LogP) is 1.61. The van der Waals surface area contributed by atoms with E-state index in [1.165, 1.54) is 19.3 Å². The largest absolute Gasteiger partial charge is 0.507 e. The number of nitrogens with zero attached hydrogens (tertiary/aromatic N) is 1. The summed E-state index contributed by atoms with van der Waals surface area (Å²) in [6, 6.07) is 3.46. The van der Waals surface area contributed by atoms with Crippen LogP contribution in [0.2, 0.25) is 0 Å². The minimum atomic E-state index is 0.234. The number of rotatable bonds is 3. The summed E-state index contributed by atoms with van der Waals surface area (Å²) in [6.45, 7) is 3.00. The van der Waals surface area contributed by atoms with Crippen molar-refractivity contribution in [1.82, 2.24) is 10.4 Å². The van der Waals surface area contributed by atoms with Crippen LogP contribution in [0.25, 0.3) is 0 Å². The first-order chi connectivity index (χ1) is 8.83. The van der Waals surface area contributed by atoms with Gasteiger partial charge in [0.05, 0.1) is 0 Å². The number of hydrogen-bond donors (Lipinski definition) is 2. The van der Waals surface area contributed by atoms with Crippen LogP contribution in [0.15, 0.2) is 12.1 Å². The molecule has 2 aliphatic heterocycles. The zero-order valence-electron chi connectivity index (χ0n) is 10.3. The van der Waals surface area contributed by atoms with Gasteiger partial charge in [-0.1, -0.05) is 6.42 Å². The lowest BCUT2D eigenvalue weighted by Gasteiger charge is -2.27. The van der Waals surface area contributed by atoms with Crippen molar-refractivity contribution < 1.29 is 14.6 Å². The fourth-order valence-electron chi connectivity index (χ4n) is 2.36. The highest BCUT2D eigenvalue weighted by atomic mass is 16.7. The lowest BCUT2D eigenvalue weighted by Crippen LogP contribution is -2.41. The number of ether oxygens (including phenoxy) is 2. The second-order valence-corrected chi connectivity index (χ2v) is 4.72. The third-order valence-electron chi connectivity index (χ3n) is 3.42. The van der Waals surface area contributed by atoms with E-state index in [9.17, 15) is 5.11 Å². The van der Waals surface area contributed by atoms with Crippen LogP contribution in [-0.4, -0.2) is 30.0 Å². The maximum absolute atomic E-state index is 9.91. The molecule has 0 amide bonds. The van der Waals surface area contributed by atoms with Crippen molar-refractivity contribution in [3.8, 4) is 17.2 Å². The highest BCUT2D eigenvalue weighted by molar-refractivity contribution is 5.51. The molecule has 2 heterocycles. The highest BCUT2D eigenvalue weighted by Gasteiger charge is 2.17. The van der Waals surface area contributed by atoms with Crippen molar-refractivity contribution in [2.24, 2.45) is 0 Å². The van der Waals surface area contributed by atoms with Crippen LogP contribution in [0.5, 0.6) is 17.2 Å². The third kappa shape index (κ3) is 2.37. The molecule has 0 aromatic heterocycles. The van der Waals surface area contributed by atoms with E-state index < -0.39 is 0 Å². The van der Waals surface area contributed by atoms with Gasteiger partial charge in [0.1, 0.15) is 5.75 Å². The molecule has 1 saturated heterocycles. The molecule has 98 valence electrons. The Labute approximate surface area is 106 Å². The lowest BCUT2D eigenvalue weighted by molar-refractivity contribution is 0.150. The second-order valence-electron chi connectivity index (χ2n) is 4.72. The summed E-state index contributed by atoms with van der Waals surface area (Å²) < 4.78 is 10.5.